The van der Waals surface area contributed by atoms with Crippen LogP contribution >= 0.6 is 0 Å². The van der Waals surface area contributed by atoms with Gasteiger partial charge in [-0.15, -0.1) is 0 Å². The third-order valence-electron chi connectivity index (χ3n) is 7.45. The second-order valence-electron chi connectivity index (χ2n) is 9.65. The number of benzene rings is 3. The molecular weight excluding hydrogens is 452 g/mol. The lowest BCUT2D eigenvalue weighted by Crippen LogP contribution is -2.33. The number of aromatic nitrogens is 2. The van der Waals surface area contributed by atoms with Gasteiger partial charge in [0.15, 0.2) is 6.23 Å². The lowest BCUT2D eigenvalue weighted by molar-refractivity contribution is -0.127. The zero-order valence-corrected chi connectivity index (χ0v) is 20.3. The van der Waals surface area contributed by atoms with Gasteiger partial charge in [0.05, 0.1) is 23.2 Å². The van der Waals surface area contributed by atoms with Crippen molar-refractivity contribution in [2.75, 3.05) is 20.3 Å². The maximum atomic E-state index is 11.8. The quantitative estimate of drug-likeness (QED) is 0.381. The molecule has 2 aliphatic heterocycles. The molecule has 182 valence electrons. The van der Waals surface area contributed by atoms with Crippen LogP contribution in [0.15, 0.2) is 54.6 Å². The summed E-state index contributed by atoms with van der Waals surface area (Å²) in [5.74, 6) is 0.960. The Morgan fingerprint density at radius 2 is 2.03 bits per heavy atom. The van der Waals surface area contributed by atoms with Crippen LogP contribution < -0.4 is 4.74 Å². The number of amides is 1. The van der Waals surface area contributed by atoms with E-state index in [0.717, 1.165) is 71.0 Å². The normalized spacial score (nSPS) is 20.2. The number of likely N-dealkylation sites (tertiary alicyclic amines) is 1. The summed E-state index contributed by atoms with van der Waals surface area (Å²) in [4.78, 5) is 13.6. The Hall–Kier alpha value is -3.89. The fourth-order valence-electron chi connectivity index (χ4n) is 5.35. The molecule has 0 bridgehead atoms. The second-order valence-corrected chi connectivity index (χ2v) is 9.65. The van der Waals surface area contributed by atoms with Gasteiger partial charge in [0.1, 0.15) is 18.1 Å². The zero-order valence-electron chi connectivity index (χ0n) is 20.3. The minimum atomic E-state index is -0.0986. The average Bonchev–Trinajstić information content (AvgIpc) is 3.46. The summed E-state index contributed by atoms with van der Waals surface area (Å²) in [6.45, 7) is 1.22. The summed E-state index contributed by atoms with van der Waals surface area (Å²) >= 11 is 0. The summed E-state index contributed by atoms with van der Waals surface area (Å²) in [6.07, 6.45) is 4.43. The summed E-state index contributed by atoms with van der Waals surface area (Å²) in [6, 6.07) is 20.4. The van der Waals surface area contributed by atoms with Gasteiger partial charge >= 0.3 is 0 Å². The van der Waals surface area contributed by atoms with Gasteiger partial charge in [-0.3, -0.25) is 4.79 Å². The van der Waals surface area contributed by atoms with Crippen molar-refractivity contribution in [3.8, 4) is 23.1 Å². The summed E-state index contributed by atoms with van der Waals surface area (Å²) in [7, 11) is 1.84. The standard InChI is InChI=1S/C29H28N4O3/c1-32-21(9-13-27(32)34)18-36-22-10-11-23-20(16-22)5-4-6-24(23)29-25-15-19(17-30)8-12-26(25)33(31-29)28-7-2-3-14-35-28/h4-6,8,10-12,15-16,21,28H,2-3,7,9,13-14,18H2,1H3. The lowest BCUT2D eigenvalue weighted by Gasteiger charge is -2.23. The van der Waals surface area contributed by atoms with Crippen LogP contribution in [0.5, 0.6) is 5.75 Å². The molecule has 2 fully saturated rings. The number of ether oxygens (including phenoxy) is 2. The molecule has 3 aromatic carbocycles. The molecular formula is C29H28N4O3. The van der Waals surface area contributed by atoms with Gasteiger partial charge in [-0.2, -0.15) is 10.4 Å². The number of carbonyl (C=O) groups is 1. The van der Waals surface area contributed by atoms with Crippen LogP contribution in [0.1, 0.15) is 43.9 Å². The van der Waals surface area contributed by atoms with Crippen molar-refractivity contribution in [2.45, 2.75) is 44.4 Å². The van der Waals surface area contributed by atoms with E-state index < -0.39 is 0 Å². The van der Waals surface area contributed by atoms with Crippen LogP contribution in [-0.2, 0) is 9.53 Å². The fourth-order valence-corrected chi connectivity index (χ4v) is 5.35. The predicted octanol–water partition coefficient (Wildman–Crippen LogP) is 5.43. The first-order valence-corrected chi connectivity index (χ1v) is 12.6. The first-order chi connectivity index (χ1) is 17.6. The van der Waals surface area contributed by atoms with Gasteiger partial charge in [-0.05, 0) is 66.8 Å². The molecule has 4 aromatic rings. The van der Waals surface area contributed by atoms with Crippen LogP contribution in [0.3, 0.4) is 0 Å². The van der Waals surface area contributed by atoms with Crippen molar-refractivity contribution < 1.29 is 14.3 Å². The molecule has 0 saturated carbocycles. The molecule has 3 heterocycles. The third-order valence-corrected chi connectivity index (χ3v) is 7.45. The molecule has 0 spiro atoms. The Labute approximate surface area is 209 Å². The van der Waals surface area contributed by atoms with E-state index in [1.54, 1.807) is 4.90 Å². The van der Waals surface area contributed by atoms with Crippen molar-refractivity contribution in [2.24, 2.45) is 0 Å². The molecule has 2 aliphatic rings. The van der Waals surface area contributed by atoms with Gasteiger partial charge in [0.2, 0.25) is 5.91 Å². The van der Waals surface area contributed by atoms with Crippen molar-refractivity contribution in [3.05, 3.63) is 60.2 Å². The Kier molecular flexibility index (Phi) is 5.82. The largest absolute Gasteiger partial charge is 0.491 e. The molecule has 1 amide bonds. The highest BCUT2D eigenvalue weighted by Gasteiger charge is 2.28. The number of nitriles is 1. The maximum absolute atomic E-state index is 11.8. The molecule has 7 heteroatoms. The van der Waals surface area contributed by atoms with Crippen LogP contribution in [0.25, 0.3) is 32.9 Å². The van der Waals surface area contributed by atoms with E-state index in [0.29, 0.717) is 18.6 Å². The lowest BCUT2D eigenvalue weighted by atomic mass is 9.99. The fraction of sp³-hybridized carbons (Fsp3) is 0.345. The van der Waals surface area contributed by atoms with Crippen molar-refractivity contribution in [1.82, 2.24) is 14.7 Å². The van der Waals surface area contributed by atoms with Gasteiger partial charge < -0.3 is 14.4 Å². The number of fused-ring (bicyclic) bond motifs is 2. The number of carbonyl (C=O) groups excluding carboxylic acids is 1. The topological polar surface area (TPSA) is 80.4 Å². The average molecular weight is 481 g/mol. The summed E-state index contributed by atoms with van der Waals surface area (Å²) in [5, 5.41) is 17.7. The monoisotopic (exact) mass is 480 g/mol. The van der Waals surface area contributed by atoms with E-state index in [9.17, 15) is 10.1 Å². The van der Waals surface area contributed by atoms with Crippen LogP contribution in [0, 0.1) is 11.3 Å². The van der Waals surface area contributed by atoms with E-state index in [4.69, 9.17) is 14.6 Å². The molecule has 0 N–H and O–H groups in total. The summed E-state index contributed by atoms with van der Waals surface area (Å²) in [5.41, 5.74) is 3.44. The zero-order chi connectivity index (χ0) is 24.6. The number of hydrogen-bond donors (Lipinski definition) is 0. The minimum Gasteiger partial charge on any atom is -0.491 e. The number of likely N-dealkylation sites (N-methyl/N-ethyl adjacent to an activating group) is 1. The molecule has 6 rings (SSSR count). The Bertz CT molecular complexity index is 1500. The van der Waals surface area contributed by atoms with Crippen LogP contribution in [-0.4, -0.2) is 46.9 Å². The van der Waals surface area contributed by atoms with Crippen molar-refractivity contribution >= 4 is 27.6 Å². The molecule has 2 saturated heterocycles. The first kappa shape index (κ1) is 22.6. The Morgan fingerprint density at radius 1 is 1.11 bits per heavy atom. The smallest absolute Gasteiger partial charge is 0.222 e. The van der Waals surface area contributed by atoms with Gasteiger partial charge in [0, 0.05) is 31.0 Å². The third kappa shape index (κ3) is 3.98. The number of rotatable bonds is 5. The van der Waals surface area contributed by atoms with Crippen molar-refractivity contribution in [3.63, 3.8) is 0 Å². The Balaban J connectivity index is 1.38. The molecule has 36 heavy (non-hydrogen) atoms. The molecule has 2 unspecified atom stereocenters. The molecule has 1 aromatic heterocycles. The van der Waals surface area contributed by atoms with Crippen LogP contribution in [0.4, 0.5) is 0 Å². The van der Waals surface area contributed by atoms with E-state index in [1.165, 1.54) is 0 Å². The highest BCUT2D eigenvalue weighted by atomic mass is 16.5. The maximum Gasteiger partial charge on any atom is 0.222 e. The van der Waals surface area contributed by atoms with Crippen molar-refractivity contribution in [1.29, 1.82) is 5.26 Å². The first-order valence-electron chi connectivity index (χ1n) is 12.6. The Morgan fingerprint density at radius 3 is 2.81 bits per heavy atom. The highest BCUT2D eigenvalue weighted by Crippen LogP contribution is 2.37. The molecule has 7 nitrogen and oxygen atoms in total. The van der Waals surface area contributed by atoms with E-state index in [2.05, 4.69) is 24.3 Å². The predicted molar refractivity (Wildman–Crippen MR) is 138 cm³/mol. The van der Waals surface area contributed by atoms with Gasteiger partial charge in [-0.25, -0.2) is 4.68 Å². The highest BCUT2D eigenvalue weighted by molar-refractivity contribution is 6.04. The number of nitrogens with zero attached hydrogens (tertiary/aromatic N) is 4. The summed E-state index contributed by atoms with van der Waals surface area (Å²) < 4.78 is 14.1. The van der Waals surface area contributed by atoms with Gasteiger partial charge in [-0.1, -0.05) is 24.3 Å². The number of hydrogen-bond acceptors (Lipinski definition) is 5. The van der Waals surface area contributed by atoms with Gasteiger partial charge in [0.25, 0.3) is 0 Å². The SMILES string of the molecule is CN1C(=O)CCC1COc1ccc2c(-c3nn(C4CCCCO4)c4ccc(C#N)cc34)cccc2c1. The minimum absolute atomic E-state index is 0.0986. The molecule has 0 aliphatic carbocycles. The van der Waals surface area contributed by atoms with E-state index in [1.807, 2.05) is 48.1 Å². The van der Waals surface area contributed by atoms with E-state index in [-0.39, 0.29) is 18.2 Å². The van der Waals surface area contributed by atoms with Crippen LogP contribution in [0.2, 0.25) is 0 Å². The second kappa shape index (κ2) is 9.29. The molecule has 0 radical (unpaired) electrons. The molecule has 2 atom stereocenters. The van der Waals surface area contributed by atoms with E-state index >= 15 is 0 Å².